The van der Waals surface area contributed by atoms with E-state index in [1.807, 2.05) is 38.1 Å². The summed E-state index contributed by atoms with van der Waals surface area (Å²) in [4.78, 5) is 24.3. The smallest absolute Gasteiger partial charge is 0.321 e. The van der Waals surface area contributed by atoms with Crippen molar-refractivity contribution in [3.05, 3.63) is 29.8 Å². The van der Waals surface area contributed by atoms with Crippen LogP contribution in [-0.2, 0) is 11.2 Å². The Kier molecular flexibility index (Phi) is 6.56. The summed E-state index contributed by atoms with van der Waals surface area (Å²) >= 11 is 0. The molecule has 0 aromatic heterocycles. The first-order valence-electron chi connectivity index (χ1n) is 6.93. The van der Waals surface area contributed by atoms with E-state index in [4.69, 9.17) is 5.11 Å². The van der Waals surface area contributed by atoms with Gasteiger partial charge in [0.1, 0.15) is 0 Å². The molecule has 0 aliphatic carbocycles. The van der Waals surface area contributed by atoms with E-state index in [0.29, 0.717) is 18.7 Å². The molecule has 1 aromatic carbocycles. The van der Waals surface area contributed by atoms with Gasteiger partial charge in [0.05, 0.1) is 0 Å². The predicted molar refractivity (Wildman–Crippen MR) is 79.0 cm³/mol. The van der Waals surface area contributed by atoms with Gasteiger partial charge in [0.25, 0.3) is 0 Å². The summed E-state index contributed by atoms with van der Waals surface area (Å²) in [5.74, 6) is -0.820. The molecule has 0 saturated heterocycles. The van der Waals surface area contributed by atoms with Crippen LogP contribution in [0.5, 0.6) is 0 Å². The zero-order valence-electron chi connectivity index (χ0n) is 12.1. The van der Waals surface area contributed by atoms with Gasteiger partial charge in [0.15, 0.2) is 0 Å². The van der Waals surface area contributed by atoms with Gasteiger partial charge in [-0.25, -0.2) is 4.79 Å². The number of carboxylic acids is 1. The maximum atomic E-state index is 12.0. The van der Waals surface area contributed by atoms with Crippen LogP contribution in [0.4, 0.5) is 10.5 Å². The summed E-state index contributed by atoms with van der Waals surface area (Å²) in [6, 6.07) is 7.19. The minimum atomic E-state index is -0.820. The highest BCUT2D eigenvalue weighted by molar-refractivity contribution is 5.89. The van der Waals surface area contributed by atoms with Gasteiger partial charge < -0.3 is 15.3 Å². The van der Waals surface area contributed by atoms with Crippen molar-refractivity contribution >= 4 is 17.7 Å². The lowest BCUT2D eigenvalue weighted by Gasteiger charge is -2.20. The van der Waals surface area contributed by atoms with Gasteiger partial charge in [-0.2, -0.15) is 0 Å². The number of aliphatic carboxylic acids is 1. The van der Waals surface area contributed by atoms with Crippen LogP contribution in [0.1, 0.15) is 32.3 Å². The molecular formula is C15H22N2O3. The van der Waals surface area contributed by atoms with Gasteiger partial charge in [-0.1, -0.05) is 19.1 Å². The number of benzene rings is 1. The fourth-order valence-corrected chi connectivity index (χ4v) is 1.93. The standard InChI is InChI=1S/C15H22N2O3/c1-3-10-17(4-2)15(20)16-13-7-5-6-12(11-13)8-9-14(18)19/h5-7,11H,3-4,8-10H2,1-2H3,(H,16,20)(H,18,19). The Morgan fingerprint density at radius 1 is 1.30 bits per heavy atom. The topological polar surface area (TPSA) is 69.6 Å². The van der Waals surface area contributed by atoms with E-state index in [9.17, 15) is 9.59 Å². The van der Waals surface area contributed by atoms with Gasteiger partial charge in [-0.3, -0.25) is 4.79 Å². The second-order valence-electron chi connectivity index (χ2n) is 4.60. The fourth-order valence-electron chi connectivity index (χ4n) is 1.93. The second kappa shape index (κ2) is 8.19. The number of amides is 2. The Hall–Kier alpha value is -2.04. The molecular weight excluding hydrogens is 256 g/mol. The van der Waals surface area contributed by atoms with Crippen LogP contribution in [0.3, 0.4) is 0 Å². The molecule has 20 heavy (non-hydrogen) atoms. The first-order chi connectivity index (χ1) is 9.56. The van der Waals surface area contributed by atoms with E-state index < -0.39 is 5.97 Å². The van der Waals surface area contributed by atoms with E-state index >= 15 is 0 Å². The first kappa shape index (κ1) is 16.0. The highest BCUT2D eigenvalue weighted by atomic mass is 16.4. The highest BCUT2D eigenvalue weighted by Crippen LogP contribution is 2.13. The molecule has 1 aromatic rings. The molecule has 0 aliphatic rings. The summed E-state index contributed by atoms with van der Waals surface area (Å²) in [6.45, 7) is 5.36. The van der Waals surface area contributed by atoms with E-state index in [0.717, 1.165) is 18.5 Å². The molecule has 0 atom stereocenters. The number of anilines is 1. The van der Waals surface area contributed by atoms with Crippen LogP contribution in [-0.4, -0.2) is 35.1 Å². The van der Waals surface area contributed by atoms with Gasteiger partial charge in [-0.05, 0) is 37.5 Å². The molecule has 0 bridgehead atoms. The number of urea groups is 1. The Balaban J connectivity index is 2.65. The number of carboxylic acid groups (broad SMARTS) is 1. The maximum Gasteiger partial charge on any atom is 0.321 e. The number of hydrogen-bond donors (Lipinski definition) is 2. The van der Waals surface area contributed by atoms with Crippen molar-refractivity contribution in [3.8, 4) is 0 Å². The van der Waals surface area contributed by atoms with E-state index in [2.05, 4.69) is 5.32 Å². The third-order valence-corrected chi connectivity index (χ3v) is 2.97. The molecule has 5 nitrogen and oxygen atoms in total. The van der Waals surface area contributed by atoms with E-state index in [1.54, 1.807) is 4.90 Å². The number of carbonyl (C=O) groups is 2. The Bertz CT molecular complexity index is 460. The molecule has 5 heteroatoms. The van der Waals surface area contributed by atoms with Crippen molar-refractivity contribution < 1.29 is 14.7 Å². The van der Waals surface area contributed by atoms with Crippen LogP contribution in [0, 0.1) is 0 Å². The zero-order chi connectivity index (χ0) is 15.0. The second-order valence-corrected chi connectivity index (χ2v) is 4.60. The summed E-state index contributed by atoms with van der Waals surface area (Å²) < 4.78 is 0. The zero-order valence-corrected chi connectivity index (χ0v) is 12.1. The first-order valence-corrected chi connectivity index (χ1v) is 6.93. The molecule has 0 radical (unpaired) electrons. The van der Waals surface area contributed by atoms with Crippen molar-refractivity contribution in [2.24, 2.45) is 0 Å². The highest BCUT2D eigenvalue weighted by Gasteiger charge is 2.10. The average Bonchev–Trinajstić information content (AvgIpc) is 2.42. The van der Waals surface area contributed by atoms with Gasteiger partial charge in [-0.15, -0.1) is 0 Å². The summed E-state index contributed by atoms with van der Waals surface area (Å²) in [7, 11) is 0. The van der Waals surface area contributed by atoms with Gasteiger partial charge in [0, 0.05) is 25.2 Å². The average molecular weight is 278 g/mol. The van der Waals surface area contributed by atoms with Crippen molar-refractivity contribution in [1.82, 2.24) is 4.90 Å². The van der Waals surface area contributed by atoms with Gasteiger partial charge in [0.2, 0.25) is 0 Å². The summed E-state index contributed by atoms with van der Waals surface area (Å²) in [5, 5.41) is 11.5. The Labute approximate surface area is 119 Å². The quantitative estimate of drug-likeness (QED) is 0.805. The molecule has 0 saturated carbocycles. The molecule has 2 N–H and O–H groups in total. The van der Waals surface area contributed by atoms with E-state index in [-0.39, 0.29) is 12.5 Å². The van der Waals surface area contributed by atoms with Crippen molar-refractivity contribution in [1.29, 1.82) is 0 Å². The maximum absolute atomic E-state index is 12.0. The molecule has 0 fully saturated rings. The number of nitrogens with zero attached hydrogens (tertiary/aromatic N) is 1. The van der Waals surface area contributed by atoms with E-state index in [1.165, 1.54) is 0 Å². The molecule has 110 valence electrons. The van der Waals surface area contributed by atoms with Crippen molar-refractivity contribution in [2.75, 3.05) is 18.4 Å². The lowest BCUT2D eigenvalue weighted by molar-refractivity contribution is -0.136. The SMILES string of the molecule is CCCN(CC)C(=O)Nc1cccc(CCC(=O)O)c1. The van der Waals surface area contributed by atoms with Gasteiger partial charge >= 0.3 is 12.0 Å². The number of hydrogen-bond acceptors (Lipinski definition) is 2. The lowest BCUT2D eigenvalue weighted by Crippen LogP contribution is -2.35. The number of carbonyl (C=O) groups excluding carboxylic acids is 1. The number of aryl methyl sites for hydroxylation is 1. The molecule has 0 spiro atoms. The summed E-state index contributed by atoms with van der Waals surface area (Å²) in [6.07, 6.45) is 1.47. The predicted octanol–water partition coefficient (Wildman–Crippen LogP) is 2.97. The van der Waals surface area contributed by atoms with Crippen molar-refractivity contribution in [3.63, 3.8) is 0 Å². The van der Waals surface area contributed by atoms with Crippen LogP contribution >= 0.6 is 0 Å². The Morgan fingerprint density at radius 2 is 2.05 bits per heavy atom. The van der Waals surface area contributed by atoms with Crippen LogP contribution in [0.15, 0.2) is 24.3 Å². The molecule has 2 amide bonds. The molecule has 1 rings (SSSR count). The van der Waals surface area contributed by atoms with Crippen LogP contribution < -0.4 is 5.32 Å². The minimum absolute atomic E-state index is 0.0916. The largest absolute Gasteiger partial charge is 0.481 e. The third-order valence-electron chi connectivity index (χ3n) is 2.97. The fraction of sp³-hybridized carbons (Fsp3) is 0.467. The minimum Gasteiger partial charge on any atom is -0.481 e. The Morgan fingerprint density at radius 3 is 2.65 bits per heavy atom. The monoisotopic (exact) mass is 278 g/mol. The van der Waals surface area contributed by atoms with Crippen molar-refractivity contribution in [2.45, 2.75) is 33.1 Å². The molecule has 0 aliphatic heterocycles. The van der Waals surface area contributed by atoms with Crippen LogP contribution in [0.2, 0.25) is 0 Å². The lowest BCUT2D eigenvalue weighted by atomic mass is 10.1. The third kappa shape index (κ3) is 5.30. The summed E-state index contributed by atoms with van der Waals surface area (Å²) in [5.41, 5.74) is 1.61. The number of rotatable bonds is 7. The molecule has 0 heterocycles. The normalized spacial score (nSPS) is 10.1. The molecule has 0 unspecified atom stereocenters. The van der Waals surface area contributed by atoms with Crippen LogP contribution in [0.25, 0.3) is 0 Å². The number of nitrogens with one attached hydrogen (secondary N) is 1.